The number of rotatable bonds is 4. The fraction of sp³-hybridized carbons (Fsp3) is 0.333. The Morgan fingerprint density at radius 1 is 0.733 bits per heavy atom. The molecule has 0 saturated carbocycles. The average molecular weight is 460 g/mol. The molecule has 0 aliphatic carbocycles. The van der Waals surface area contributed by atoms with Gasteiger partial charge in [0.05, 0.1) is 4.90 Å². The summed E-state index contributed by atoms with van der Waals surface area (Å²) in [4.78, 5) is -1.05. The van der Waals surface area contributed by atoms with Crippen LogP contribution in [0.1, 0.15) is 0 Å². The third-order valence-electron chi connectivity index (χ3n) is 4.87. The van der Waals surface area contributed by atoms with Crippen LogP contribution in [-0.2, 0) is 20.0 Å². The van der Waals surface area contributed by atoms with Crippen molar-refractivity contribution in [1.29, 1.82) is 0 Å². The van der Waals surface area contributed by atoms with Crippen LogP contribution in [0.2, 0.25) is 0 Å². The molecule has 2 aliphatic heterocycles. The molecule has 2 heterocycles. The molecule has 2 aromatic rings. The molecule has 0 N–H and O–H groups in total. The quantitative estimate of drug-likeness (QED) is 0.686. The summed E-state index contributed by atoms with van der Waals surface area (Å²) in [6, 6.07) is 7.05. The van der Waals surface area contributed by atoms with E-state index in [0.29, 0.717) is 24.7 Å². The summed E-state index contributed by atoms with van der Waals surface area (Å²) in [6.45, 7) is -0.115. The van der Waals surface area contributed by atoms with E-state index < -0.39 is 36.6 Å². The van der Waals surface area contributed by atoms with Crippen LogP contribution in [0.15, 0.2) is 46.2 Å². The van der Waals surface area contributed by atoms with Crippen molar-refractivity contribution in [2.45, 2.75) is 9.79 Å². The Balaban J connectivity index is 1.53. The molecule has 0 unspecified atom stereocenters. The maximum absolute atomic E-state index is 14.0. The van der Waals surface area contributed by atoms with Crippen LogP contribution in [0.3, 0.4) is 0 Å². The Hall–Kier alpha value is -2.28. The average Bonchev–Trinajstić information content (AvgIpc) is 2.73. The van der Waals surface area contributed by atoms with Crippen LogP contribution in [-0.4, -0.2) is 64.8 Å². The monoisotopic (exact) mass is 460 g/mol. The van der Waals surface area contributed by atoms with Crippen molar-refractivity contribution in [2.75, 3.05) is 39.4 Å². The number of sulfonamides is 2. The van der Waals surface area contributed by atoms with Crippen LogP contribution in [0.25, 0.3) is 0 Å². The van der Waals surface area contributed by atoms with Gasteiger partial charge in [0.25, 0.3) is 0 Å². The van der Waals surface area contributed by atoms with Crippen molar-refractivity contribution in [3.8, 4) is 11.5 Å². The molecule has 0 atom stereocenters. The fourth-order valence-electron chi connectivity index (χ4n) is 3.34. The molecule has 1 fully saturated rings. The molecule has 4 rings (SSSR count). The highest BCUT2D eigenvalue weighted by molar-refractivity contribution is 7.89. The summed E-state index contributed by atoms with van der Waals surface area (Å²) in [5.74, 6) is -1.62. The summed E-state index contributed by atoms with van der Waals surface area (Å²) < 4.78 is 91.9. The van der Waals surface area contributed by atoms with Crippen LogP contribution >= 0.6 is 0 Å². The van der Waals surface area contributed by atoms with Gasteiger partial charge in [-0.25, -0.2) is 25.6 Å². The zero-order valence-electron chi connectivity index (χ0n) is 15.6. The molecule has 0 amide bonds. The molecule has 0 aromatic heterocycles. The van der Waals surface area contributed by atoms with Gasteiger partial charge >= 0.3 is 0 Å². The normalized spacial score (nSPS) is 18.3. The number of fused-ring (bicyclic) bond motifs is 1. The van der Waals surface area contributed by atoms with Gasteiger partial charge in [0, 0.05) is 32.2 Å². The SMILES string of the molecule is O=S(=O)(c1ccc2c(c1)OCCO2)N1CCN(S(=O)(=O)c2c(F)cccc2F)CC1. The van der Waals surface area contributed by atoms with E-state index in [4.69, 9.17) is 9.47 Å². The third-order valence-corrected chi connectivity index (χ3v) is 8.71. The van der Waals surface area contributed by atoms with E-state index in [9.17, 15) is 25.6 Å². The van der Waals surface area contributed by atoms with Crippen molar-refractivity contribution in [2.24, 2.45) is 0 Å². The molecule has 30 heavy (non-hydrogen) atoms. The Morgan fingerprint density at radius 3 is 1.87 bits per heavy atom. The molecule has 2 aliphatic rings. The van der Waals surface area contributed by atoms with Gasteiger partial charge in [0.15, 0.2) is 16.4 Å². The molecule has 162 valence electrons. The smallest absolute Gasteiger partial charge is 0.249 e. The van der Waals surface area contributed by atoms with Gasteiger partial charge in [-0.3, -0.25) is 0 Å². The number of piperazine rings is 1. The number of ether oxygens (including phenoxy) is 2. The zero-order chi connectivity index (χ0) is 21.5. The lowest BCUT2D eigenvalue weighted by atomic mass is 10.3. The number of hydrogen-bond donors (Lipinski definition) is 0. The number of halogens is 2. The minimum absolute atomic E-state index is 0.0109. The zero-order valence-corrected chi connectivity index (χ0v) is 17.3. The van der Waals surface area contributed by atoms with Crippen LogP contribution in [0.4, 0.5) is 8.78 Å². The highest BCUT2D eigenvalue weighted by Gasteiger charge is 2.36. The van der Waals surface area contributed by atoms with E-state index in [1.165, 1.54) is 18.2 Å². The standard InChI is InChI=1S/C18H18F2N2O6S2/c19-14-2-1-3-15(20)18(14)30(25,26)22-8-6-21(7-9-22)29(23,24)13-4-5-16-17(12-13)28-11-10-27-16/h1-5,12H,6-11H2. The molecule has 8 nitrogen and oxygen atoms in total. The Labute approximate surface area is 172 Å². The van der Waals surface area contributed by atoms with Crippen molar-refractivity contribution in [3.63, 3.8) is 0 Å². The Morgan fingerprint density at radius 2 is 1.27 bits per heavy atom. The van der Waals surface area contributed by atoms with E-state index in [2.05, 4.69) is 0 Å². The molecule has 12 heteroatoms. The van der Waals surface area contributed by atoms with Gasteiger partial charge < -0.3 is 9.47 Å². The second-order valence-electron chi connectivity index (χ2n) is 6.66. The molecular weight excluding hydrogens is 442 g/mol. The van der Waals surface area contributed by atoms with E-state index >= 15 is 0 Å². The predicted octanol–water partition coefficient (Wildman–Crippen LogP) is 1.43. The van der Waals surface area contributed by atoms with Crippen molar-refractivity contribution in [1.82, 2.24) is 8.61 Å². The van der Waals surface area contributed by atoms with Crippen LogP contribution in [0, 0.1) is 11.6 Å². The lowest BCUT2D eigenvalue weighted by Crippen LogP contribution is -2.50. The van der Waals surface area contributed by atoms with Gasteiger partial charge in [0.1, 0.15) is 24.8 Å². The van der Waals surface area contributed by atoms with Crippen LogP contribution < -0.4 is 9.47 Å². The molecule has 2 aromatic carbocycles. The van der Waals surface area contributed by atoms with E-state index in [-0.39, 0.29) is 31.1 Å². The maximum atomic E-state index is 14.0. The summed E-state index contributed by atoms with van der Waals surface area (Å²) in [6.07, 6.45) is 0. The molecule has 0 spiro atoms. The van der Waals surface area contributed by atoms with Crippen LogP contribution in [0.5, 0.6) is 11.5 Å². The first-order chi connectivity index (χ1) is 14.2. The number of nitrogens with zero attached hydrogens (tertiary/aromatic N) is 2. The van der Waals surface area contributed by atoms with Crippen molar-refractivity contribution >= 4 is 20.0 Å². The van der Waals surface area contributed by atoms with Crippen molar-refractivity contribution in [3.05, 3.63) is 48.0 Å². The Bertz CT molecular complexity index is 1160. The highest BCUT2D eigenvalue weighted by Crippen LogP contribution is 2.33. The highest BCUT2D eigenvalue weighted by atomic mass is 32.2. The second-order valence-corrected chi connectivity index (χ2v) is 10.5. The maximum Gasteiger partial charge on any atom is 0.249 e. The van der Waals surface area contributed by atoms with Gasteiger partial charge in [0.2, 0.25) is 20.0 Å². The first-order valence-corrected chi connectivity index (χ1v) is 11.9. The molecular formula is C18H18F2N2O6S2. The Kier molecular flexibility index (Phi) is 5.43. The fourth-order valence-corrected chi connectivity index (χ4v) is 6.31. The first kappa shape index (κ1) is 21.0. The second kappa shape index (κ2) is 7.76. The minimum Gasteiger partial charge on any atom is -0.486 e. The summed E-state index contributed by atoms with van der Waals surface area (Å²) in [7, 11) is -8.36. The minimum atomic E-state index is -4.44. The summed E-state index contributed by atoms with van der Waals surface area (Å²) in [5.41, 5.74) is 0. The van der Waals surface area contributed by atoms with E-state index in [1.807, 2.05) is 0 Å². The first-order valence-electron chi connectivity index (χ1n) is 9.05. The number of benzene rings is 2. The third kappa shape index (κ3) is 3.64. The van der Waals surface area contributed by atoms with Gasteiger partial charge in [-0.2, -0.15) is 8.61 Å². The lowest BCUT2D eigenvalue weighted by molar-refractivity contribution is 0.171. The van der Waals surface area contributed by atoms with Gasteiger partial charge in [-0.1, -0.05) is 6.07 Å². The number of hydrogen-bond acceptors (Lipinski definition) is 6. The lowest BCUT2D eigenvalue weighted by Gasteiger charge is -2.33. The van der Waals surface area contributed by atoms with E-state index in [0.717, 1.165) is 26.8 Å². The summed E-state index contributed by atoms with van der Waals surface area (Å²) >= 11 is 0. The van der Waals surface area contributed by atoms with Gasteiger partial charge in [-0.15, -0.1) is 0 Å². The topological polar surface area (TPSA) is 93.2 Å². The van der Waals surface area contributed by atoms with Gasteiger partial charge in [-0.05, 0) is 24.3 Å². The molecule has 0 radical (unpaired) electrons. The van der Waals surface area contributed by atoms with E-state index in [1.54, 1.807) is 0 Å². The van der Waals surface area contributed by atoms with Crippen molar-refractivity contribution < 1.29 is 35.1 Å². The largest absolute Gasteiger partial charge is 0.486 e. The predicted molar refractivity (Wildman–Crippen MR) is 101 cm³/mol. The molecule has 0 bridgehead atoms. The molecule has 1 saturated heterocycles. The summed E-state index contributed by atoms with van der Waals surface area (Å²) in [5, 5.41) is 0.